The summed E-state index contributed by atoms with van der Waals surface area (Å²) in [6, 6.07) is 12.8. The van der Waals surface area contributed by atoms with Crippen LogP contribution in [0.1, 0.15) is 46.2 Å². The normalized spacial score (nSPS) is 19.0. The lowest BCUT2D eigenvalue weighted by molar-refractivity contribution is -0.115. The van der Waals surface area contributed by atoms with Gasteiger partial charge in [0.2, 0.25) is 0 Å². The molecule has 0 atom stereocenters. The minimum Gasteiger partial charge on any atom is -0.326 e. The average molecular weight is 376 g/mol. The summed E-state index contributed by atoms with van der Waals surface area (Å²) in [5.74, 6) is -0.0360. The van der Waals surface area contributed by atoms with E-state index in [9.17, 15) is 4.79 Å². The van der Waals surface area contributed by atoms with Crippen molar-refractivity contribution < 1.29 is 4.79 Å². The molecule has 1 fully saturated rings. The SMILES string of the molecule is Cc1ccc(CN2CCC3(CC2)N=C(c2ccc(C)c(C)c2)C(=O)N3)c(C)c1. The zero-order valence-electron chi connectivity index (χ0n) is 17.3. The Hall–Kier alpha value is -2.46. The van der Waals surface area contributed by atoms with E-state index in [0.29, 0.717) is 5.71 Å². The van der Waals surface area contributed by atoms with Gasteiger partial charge in [0.25, 0.3) is 5.91 Å². The van der Waals surface area contributed by atoms with Crippen LogP contribution in [0, 0.1) is 27.7 Å². The van der Waals surface area contributed by atoms with Gasteiger partial charge in [-0.15, -0.1) is 0 Å². The molecule has 4 heteroatoms. The number of aryl methyl sites for hydroxylation is 4. The lowest BCUT2D eigenvalue weighted by Gasteiger charge is -2.37. The molecule has 0 unspecified atom stereocenters. The van der Waals surface area contributed by atoms with Crippen molar-refractivity contribution in [1.29, 1.82) is 0 Å². The molecule has 2 aliphatic rings. The fraction of sp³-hybridized carbons (Fsp3) is 0.417. The maximum absolute atomic E-state index is 12.6. The van der Waals surface area contributed by atoms with E-state index in [1.807, 2.05) is 6.07 Å². The van der Waals surface area contributed by atoms with Gasteiger partial charge in [-0.25, -0.2) is 0 Å². The lowest BCUT2D eigenvalue weighted by Crippen LogP contribution is -2.50. The third-order valence-corrected chi connectivity index (χ3v) is 6.24. The van der Waals surface area contributed by atoms with Crippen molar-refractivity contribution in [1.82, 2.24) is 10.2 Å². The van der Waals surface area contributed by atoms with Crippen LogP contribution in [0.15, 0.2) is 41.4 Å². The molecule has 0 saturated carbocycles. The standard InChI is InChI=1S/C24H29N3O/c1-16-5-7-21(19(4)13-16)15-27-11-9-24(10-12-27)25-22(23(28)26-24)20-8-6-17(2)18(3)14-20/h5-8,13-14H,9-12,15H2,1-4H3,(H,26,28). The molecule has 1 amide bonds. The maximum Gasteiger partial charge on any atom is 0.272 e. The van der Waals surface area contributed by atoms with Gasteiger partial charge in [0.05, 0.1) is 0 Å². The summed E-state index contributed by atoms with van der Waals surface area (Å²) in [7, 11) is 0. The Bertz CT molecular complexity index is 952. The zero-order valence-corrected chi connectivity index (χ0v) is 17.3. The number of aliphatic imine (C=N–C) groups is 1. The quantitative estimate of drug-likeness (QED) is 0.886. The molecule has 1 N–H and O–H groups in total. The number of nitrogens with zero attached hydrogens (tertiary/aromatic N) is 2. The Morgan fingerprint density at radius 3 is 2.39 bits per heavy atom. The predicted molar refractivity (Wildman–Crippen MR) is 114 cm³/mol. The molecule has 146 valence electrons. The maximum atomic E-state index is 12.6. The number of nitrogens with one attached hydrogen (secondary N) is 1. The first-order valence-corrected chi connectivity index (χ1v) is 10.1. The highest BCUT2D eigenvalue weighted by atomic mass is 16.2. The average Bonchev–Trinajstić information content (AvgIpc) is 2.98. The Balaban J connectivity index is 1.47. The summed E-state index contributed by atoms with van der Waals surface area (Å²) >= 11 is 0. The first-order chi connectivity index (χ1) is 13.3. The van der Waals surface area contributed by atoms with E-state index in [2.05, 4.69) is 68.2 Å². The molecular formula is C24H29N3O. The van der Waals surface area contributed by atoms with Gasteiger partial charge in [-0.3, -0.25) is 14.7 Å². The van der Waals surface area contributed by atoms with Gasteiger partial charge in [0.15, 0.2) is 0 Å². The number of piperidine rings is 1. The highest BCUT2D eigenvalue weighted by molar-refractivity contribution is 6.46. The molecule has 1 saturated heterocycles. The molecule has 0 radical (unpaired) electrons. The first-order valence-electron chi connectivity index (χ1n) is 10.1. The summed E-state index contributed by atoms with van der Waals surface area (Å²) in [4.78, 5) is 20.0. The van der Waals surface area contributed by atoms with Crippen molar-refractivity contribution >= 4 is 11.6 Å². The van der Waals surface area contributed by atoms with Crippen molar-refractivity contribution in [2.75, 3.05) is 13.1 Å². The molecule has 0 bridgehead atoms. The Labute approximate surface area is 167 Å². The van der Waals surface area contributed by atoms with Crippen molar-refractivity contribution in [3.05, 3.63) is 69.8 Å². The molecule has 2 aromatic carbocycles. The van der Waals surface area contributed by atoms with E-state index in [1.54, 1.807) is 0 Å². The summed E-state index contributed by atoms with van der Waals surface area (Å²) in [5, 5.41) is 3.19. The van der Waals surface area contributed by atoms with Crippen LogP contribution in [0.3, 0.4) is 0 Å². The van der Waals surface area contributed by atoms with Crippen LogP contribution in [-0.2, 0) is 11.3 Å². The number of carbonyl (C=O) groups excluding carboxylic acids is 1. The molecule has 28 heavy (non-hydrogen) atoms. The van der Waals surface area contributed by atoms with E-state index in [0.717, 1.165) is 38.0 Å². The second kappa shape index (κ2) is 7.17. The minimum atomic E-state index is -0.427. The highest BCUT2D eigenvalue weighted by Crippen LogP contribution is 2.30. The van der Waals surface area contributed by atoms with E-state index in [4.69, 9.17) is 4.99 Å². The van der Waals surface area contributed by atoms with Crippen LogP contribution in [0.2, 0.25) is 0 Å². The Morgan fingerprint density at radius 1 is 0.964 bits per heavy atom. The minimum absolute atomic E-state index is 0.0360. The van der Waals surface area contributed by atoms with Crippen LogP contribution in [-0.4, -0.2) is 35.3 Å². The molecule has 2 heterocycles. The van der Waals surface area contributed by atoms with Crippen molar-refractivity contribution in [3.8, 4) is 0 Å². The summed E-state index contributed by atoms with van der Waals surface area (Å²) in [5.41, 5.74) is 7.56. The summed E-state index contributed by atoms with van der Waals surface area (Å²) in [6.07, 6.45) is 1.72. The largest absolute Gasteiger partial charge is 0.326 e. The molecule has 4 rings (SSSR count). The summed E-state index contributed by atoms with van der Waals surface area (Å²) < 4.78 is 0. The van der Waals surface area contributed by atoms with Gasteiger partial charge >= 0.3 is 0 Å². The third kappa shape index (κ3) is 3.61. The molecule has 4 nitrogen and oxygen atoms in total. The fourth-order valence-electron chi connectivity index (χ4n) is 4.23. The number of hydrogen-bond acceptors (Lipinski definition) is 3. The lowest BCUT2D eigenvalue weighted by atomic mass is 9.97. The van der Waals surface area contributed by atoms with E-state index in [1.165, 1.54) is 27.8 Å². The van der Waals surface area contributed by atoms with Crippen LogP contribution in [0.4, 0.5) is 0 Å². The molecule has 0 aliphatic carbocycles. The Morgan fingerprint density at radius 2 is 1.71 bits per heavy atom. The number of likely N-dealkylation sites (tertiary alicyclic amines) is 1. The van der Waals surface area contributed by atoms with Gasteiger partial charge in [-0.1, -0.05) is 35.9 Å². The van der Waals surface area contributed by atoms with Gasteiger partial charge in [0, 0.05) is 38.0 Å². The first kappa shape index (κ1) is 18.9. The van der Waals surface area contributed by atoms with Crippen molar-refractivity contribution in [3.63, 3.8) is 0 Å². The van der Waals surface area contributed by atoms with E-state index < -0.39 is 5.66 Å². The summed E-state index contributed by atoms with van der Waals surface area (Å²) in [6.45, 7) is 11.3. The molecule has 2 aliphatic heterocycles. The topological polar surface area (TPSA) is 44.7 Å². The van der Waals surface area contributed by atoms with Crippen molar-refractivity contribution in [2.45, 2.75) is 52.7 Å². The molecule has 1 spiro atoms. The third-order valence-electron chi connectivity index (χ3n) is 6.24. The monoisotopic (exact) mass is 375 g/mol. The van der Waals surface area contributed by atoms with Crippen LogP contribution in [0.25, 0.3) is 0 Å². The molecule has 2 aromatic rings. The number of amides is 1. The zero-order chi connectivity index (χ0) is 19.9. The van der Waals surface area contributed by atoms with Crippen LogP contribution < -0.4 is 5.32 Å². The smallest absolute Gasteiger partial charge is 0.272 e. The van der Waals surface area contributed by atoms with Crippen LogP contribution in [0.5, 0.6) is 0 Å². The fourth-order valence-corrected chi connectivity index (χ4v) is 4.23. The predicted octanol–water partition coefficient (Wildman–Crippen LogP) is 3.83. The van der Waals surface area contributed by atoms with Gasteiger partial charge in [-0.05, 0) is 56.0 Å². The van der Waals surface area contributed by atoms with Gasteiger partial charge in [-0.2, -0.15) is 0 Å². The van der Waals surface area contributed by atoms with E-state index >= 15 is 0 Å². The van der Waals surface area contributed by atoms with Crippen molar-refractivity contribution in [2.24, 2.45) is 4.99 Å². The molecule has 0 aromatic heterocycles. The number of rotatable bonds is 3. The second-order valence-electron chi connectivity index (χ2n) is 8.45. The van der Waals surface area contributed by atoms with Gasteiger partial charge in [0.1, 0.15) is 11.4 Å². The number of carbonyl (C=O) groups is 1. The number of benzene rings is 2. The van der Waals surface area contributed by atoms with Crippen LogP contribution >= 0.6 is 0 Å². The number of hydrogen-bond donors (Lipinski definition) is 1. The molecular weight excluding hydrogens is 346 g/mol. The highest BCUT2D eigenvalue weighted by Gasteiger charge is 2.42. The van der Waals surface area contributed by atoms with Gasteiger partial charge < -0.3 is 5.32 Å². The Kier molecular flexibility index (Phi) is 4.84. The second-order valence-corrected chi connectivity index (χ2v) is 8.45. The van der Waals surface area contributed by atoms with E-state index in [-0.39, 0.29) is 5.91 Å².